The van der Waals surface area contributed by atoms with Gasteiger partial charge in [-0.2, -0.15) is 0 Å². The molecule has 0 saturated carbocycles. The van der Waals surface area contributed by atoms with E-state index in [4.69, 9.17) is 21.4 Å². The molecule has 2 heterocycles. The standard InChI is InChI=1S/C17H17ClN2O4S/c1-10-15(25-16(19-10)11-2-4-12(18)5-3-11)17(23)20-6-7-24-9-13(20)8-14(21)22/h2-5,13H,6-9H2,1H3,(H,21,22). The minimum atomic E-state index is -0.948. The van der Waals surface area contributed by atoms with E-state index in [1.807, 2.05) is 12.1 Å². The fraction of sp³-hybridized carbons (Fsp3) is 0.353. The lowest BCUT2D eigenvalue weighted by Crippen LogP contribution is -2.49. The number of carboxylic acids is 1. The lowest BCUT2D eigenvalue weighted by molar-refractivity contribution is -0.139. The van der Waals surface area contributed by atoms with E-state index < -0.39 is 12.0 Å². The molecular weight excluding hydrogens is 364 g/mol. The van der Waals surface area contributed by atoms with Gasteiger partial charge in [0.15, 0.2) is 0 Å². The number of ether oxygens (including phenoxy) is 1. The van der Waals surface area contributed by atoms with Crippen LogP contribution in [0.2, 0.25) is 5.02 Å². The zero-order valence-corrected chi connectivity index (χ0v) is 15.1. The Bertz CT molecular complexity index is 790. The molecule has 25 heavy (non-hydrogen) atoms. The number of morpholine rings is 1. The second-order valence-electron chi connectivity index (χ2n) is 5.77. The number of hydrogen-bond acceptors (Lipinski definition) is 5. The predicted octanol–water partition coefficient (Wildman–Crippen LogP) is 3.09. The van der Waals surface area contributed by atoms with Gasteiger partial charge in [0.2, 0.25) is 0 Å². The van der Waals surface area contributed by atoms with Gasteiger partial charge in [-0.25, -0.2) is 4.98 Å². The third-order valence-electron chi connectivity index (χ3n) is 3.98. The molecule has 1 N–H and O–H groups in total. The van der Waals surface area contributed by atoms with Crippen LogP contribution in [0.15, 0.2) is 24.3 Å². The first-order valence-corrected chi connectivity index (χ1v) is 8.99. The molecule has 132 valence electrons. The molecule has 0 bridgehead atoms. The summed E-state index contributed by atoms with van der Waals surface area (Å²) < 4.78 is 5.33. The van der Waals surface area contributed by atoms with E-state index in [1.54, 1.807) is 24.0 Å². The summed E-state index contributed by atoms with van der Waals surface area (Å²) in [6.45, 7) is 2.81. The van der Waals surface area contributed by atoms with Crippen molar-refractivity contribution in [1.29, 1.82) is 0 Å². The van der Waals surface area contributed by atoms with E-state index in [1.165, 1.54) is 11.3 Å². The van der Waals surface area contributed by atoms with Crippen LogP contribution in [-0.4, -0.2) is 52.7 Å². The maximum absolute atomic E-state index is 12.9. The second kappa shape index (κ2) is 7.51. The number of hydrogen-bond donors (Lipinski definition) is 1. The third kappa shape index (κ3) is 4.00. The Morgan fingerprint density at radius 3 is 2.80 bits per heavy atom. The van der Waals surface area contributed by atoms with Crippen molar-refractivity contribution in [3.8, 4) is 10.6 Å². The summed E-state index contributed by atoms with van der Waals surface area (Å²) in [6.07, 6.45) is -0.131. The quantitative estimate of drug-likeness (QED) is 0.881. The minimum Gasteiger partial charge on any atom is -0.481 e. The van der Waals surface area contributed by atoms with E-state index in [2.05, 4.69) is 4.98 Å². The number of aryl methyl sites for hydroxylation is 1. The van der Waals surface area contributed by atoms with E-state index in [9.17, 15) is 9.59 Å². The molecule has 8 heteroatoms. The molecule has 2 aromatic rings. The van der Waals surface area contributed by atoms with Gasteiger partial charge >= 0.3 is 5.97 Å². The largest absolute Gasteiger partial charge is 0.481 e. The molecule has 3 rings (SSSR count). The summed E-state index contributed by atoms with van der Waals surface area (Å²) >= 11 is 7.22. The first kappa shape index (κ1) is 17.8. The number of carboxylic acid groups (broad SMARTS) is 1. The molecule has 1 fully saturated rings. The SMILES string of the molecule is Cc1nc(-c2ccc(Cl)cc2)sc1C(=O)N1CCOCC1CC(=O)O. The summed E-state index contributed by atoms with van der Waals surface area (Å²) in [7, 11) is 0. The number of carbonyl (C=O) groups excluding carboxylic acids is 1. The Morgan fingerprint density at radius 2 is 2.12 bits per heavy atom. The molecule has 1 aliphatic rings. The molecule has 1 saturated heterocycles. The normalized spacial score (nSPS) is 17.5. The summed E-state index contributed by atoms with van der Waals surface area (Å²) in [4.78, 5) is 30.6. The highest BCUT2D eigenvalue weighted by molar-refractivity contribution is 7.17. The van der Waals surface area contributed by atoms with Crippen LogP contribution in [0, 0.1) is 6.92 Å². The van der Waals surface area contributed by atoms with E-state index in [0.717, 1.165) is 10.6 Å². The van der Waals surface area contributed by atoms with Crippen molar-refractivity contribution in [2.24, 2.45) is 0 Å². The first-order chi connectivity index (χ1) is 12.0. The number of carbonyl (C=O) groups is 2. The molecule has 1 atom stereocenters. The van der Waals surface area contributed by atoms with Crippen molar-refractivity contribution in [2.75, 3.05) is 19.8 Å². The fourth-order valence-corrected chi connectivity index (χ4v) is 3.89. The molecule has 1 aromatic heterocycles. The second-order valence-corrected chi connectivity index (χ2v) is 7.20. The Labute approximate surface area is 154 Å². The Kier molecular flexibility index (Phi) is 5.36. The van der Waals surface area contributed by atoms with Crippen molar-refractivity contribution in [2.45, 2.75) is 19.4 Å². The molecule has 6 nitrogen and oxygen atoms in total. The molecule has 0 radical (unpaired) electrons. The highest BCUT2D eigenvalue weighted by Gasteiger charge is 2.31. The Hall–Kier alpha value is -1.96. The predicted molar refractivity (Wildman–Crippen MR) is 95.2 cm³/mol. The van der Waals surface area contributed by atoms with Crippen molar-refractivity contribution in [3.05, 3.63) is 39.9 Å². The van der Waals surface area contributed by atoms with Gasteiger partial charge in [-0.1, -0.05) is 23.7 Å². The number of aromatic nitrogens is 1. The van der Waals surface area contributed by atoms with Crippen LogP contribution in [0.3, 0.4) is 0 Å². The monoisotopic (exact) mass is 380 g/mol. The number of nitrogens with zero attached hydrogens (tertiary/aromatic N) is 2. The summed E-state index contributed by atoms with van der Waals surface area (Å²) in [6, 6.07) is 6.81. The molecule has 1 unspecified atom stereocenters. The van der Waals surface area contributed by atoms with Gasteiger partial charge < -0.3 is 14.7 Å². The highest BCUT2D eigenvalue weighted by Crippen LogP contribution is 2.30. The van der Waals surface area contributed by atoms with Crippen LogP contribution in [0.25, 0.3) is 10.6 Å². The molecular formula is C17H17ClN2O4S. The van der Waals surface area contributed by atoms with Gasteiger partial charge in [0.25, 0.3) is 5.91 Å². The van der Waals surface area contributed by atoms with Crippen molar-refractivity contribution < 1.29 is 19.4 Å². The molecule has 0 spiro atoms. The minimum absolute atomic E-state index is 0.131. The Morgan fingerprint density at radius 1 is 1.40 bits per heavy atom. The number of amides is 1. The Balaban J connectivity index is 1.86. The van der Waals surface area contributed by atoms with Crippen molar-refractivity contribution in [1.82, 2.24) is 9.88 Å². The number of benzene rings is 1. The van der Waals surface area contributed by atoms with Gasteiger partial charge in [0.05, 0.1) is 31.4 Å². The first-order valence-electron chi connectivity index (χ1n) is 7.79. The number of halogens is 1. The zero-order valence-electron chi connectivity index (χ0n) is 13.6. The van der Waals surface area contributed by atoms with E-state index >= 15 is 0 Å². The highest BCUT2D eigenvalue weighted by atomic mass is 35.5. The molecule has 1 aromatic carbocycles. The van der Waals surface area contributed by atoms with Gasteiger partial charge in [-0.3, -0.25) is 9.59 Å². The summed E-state index contributed by atoms with van der Waals surface area (Å²) in [5.41, 5.74) is 1.53. The molecule has 1 aliphatic heterocycles. The summed E-state index contributed by atoms with van der Waals surface area (Å²) in [5.74, 6) is -1.14. The maximum atomic E-state index is 12.9. The average Bonchev–Trinajstić information content (AvgIpc) is 2.96. The number of aliphatic carboxylic acids is 1. The van der Waals surface area contributed by atoms with Crippen LogP contribution in [0.5, 0.6) is 0 Å². The van der Waals surface area contributed by atoms with E-state index in [0.29, 0.717) is 28.7 Å². The number of rotatable bonds is 4. The van der Waals surface area contributed by atoms with Crippen molar-refractivity contribution >= 4 is 34.8 Å². The van der Waals surface area contributed by atoms with Gasteiger partial charge in [0.1, 0.15) is 9.88 Å². The molecule has 1 amide bonds. The van der Waals surface area contributed by atoms with E-state index in [-0.39, 0.29) is 18.9 Å². The lowest BCUT2D eigenvalue weighted by atomic mass is 10.1. The third-order valence-corrected chi connectivity index (χ3v) is 5.43. The number of thiazole rings is 1. The van der Waals surface area contributed by atoms with Crippen LogP contribution in [-0.2, 0) is 9.53 Å². The van der Waals surface area contributed by atoms with Gasteiger partial charge in [-0.15, -0.1) is 11.3 Å². The van der Waals surface area contributed by atoms with Gasteiger partial charge in [-0.05, 0) is 19.1 Å². The lowest BCUT2D eigenvalue weighted by Gasteiger charge is -2.34. The van der Waals surface area contributed by atoms with Crippen LogP contribution >= 0.6 is 22.9 Å². The molecule has 0 aliphatic carbocycles. The van der Waals surface area contributed by atoms with Crippen LogP contribution in [0.1, 0.15) is 21.8 Å². The maximum Gasteiger partial charge on any atom is 0.305 e. The zero-order chi connectivity index (χ0) is 18.0. The fourth-order valence-electron chi connectivity index (χ4n) is 2.73. The van der Waals surface area contributed by atoms with Crippen LogP contribution < -0.4 is 0 Å². The summed E-state index contributed by atoms with van der Waals surface area (Å²) in [5, 5.41) is 10.4. The van der Waals surface area contributed by atoms with Crippen molar-refractivity contribution in [3.63, 3.8) is 0 Å². The topological polar surface area (TPSA) is 79.7 Å². The smallest absolute Gasteiger partial charge is 0.305 e. The van der Waals surface area contributed by atoms with Gasteiger partial charge in [0, 0.05) is 17.1 Å². The van der Waals surface area contributed by atoms with Crippen LogP contribution in [0.4, 0.5) is 0 Å². The average molecular weight is 381 g/mol.